The summed E-state index contributed by atoms with van der Waals surface area (Å²) in [6, 6.07) is 15.2. The zero-order chi connectivity index (χ0) is 18.7. The van der Waals surface area contributed by atoms with Crippen molar-refractivity contribution < 1.29 is 14.3 Å². The molecule has 2 aromatic carbocycles. The quantitative estimate of drug-likeness (QED) is 0.821. The van der Waals surface area contributed by atoms with Crippen molar-refractivity contribution in [2.24, 2.45) is 0 Å². The van der Waals surface area contributed by atoms with Gasteiger partial charge in [0.2, 0.25) is 5.91 Å². The molecule has 26 heavy (non-hydrogen) atoms. The van der Waals surface area contributed by atoms with Crippen molar-refractivity contribution >= 4 is 29.3 Å². The molecular formula is C20H22N2O3S. The molecule has 6 heteroatoms. The van der Waals surface area contributed by atoms with Crippen LogP contribution in [0.3, 0.4) is 0 Å². The first kappa shape index (κ1) is 18.3. The number of ether oxygens (including phenoxy) is 1. The van der Waals surface area contributed by atoms with Crippen LogP contribution < -0.4 is 15.0 Å². The van der Waals surface area contributed by atoms with Crippen LogP contribution in [0.15, 0.2) is 53.4 Å². The number of anilines is 1. The summed E-state index contributed by atoms with van der Waals surface area (Å²) in [5, 5.41) is 2.90. The van der Waals surface area contributed by atoms with Crippen LogP contribution in [-0.4, -0.2) is 30.2 Å². The molecule has 0 aromatic heterocycles. The number of fused-ring (bicyclic) bond motifs is 1. The topological polar surface area (TPSA) is 58.6 Å². The highest BCUT2D eigenvalue weighted by Crippen LogP contribution is 2.45. The van der Waals surface area contributed by atoms with Gasteiger partial charge in [-0.25, -0.2) is 0 Å². The van der Waals surface area contributed by atoms with Crippen LogP contribution in [0.5, 0.6) is 5.75 Å². The second-order valence-corrected chi connectivity index (χ2v) is 7.61. The summed E-state index contributed by atoms with van der Waals surface area (Å²) in [5.41, 5.74) is 1.73. The smallest absolute Gasteiger partial charge is 0.252 e. The Morgan fingerprint density at radius 2 is 1.88 bits per heavy atom. The van der Waals surface area contributed by atoms with E-state index in [-0.39, 0.29) is 11.8 Å². The number of thioether (sulfide) groups is 1. The zero-order valence-corrected chi connectivity index (χ0v) is 15.9. The lowest BCUT2D eigenvalue weighted by Crippen LogP contribution is -2.56. The maximum Gasteiger partial charge on any atom is 0.252 e. The van der Waals surface area contributed by atoms with E-state index < -0.39 is 4.75 Å². The van der Waals surface area contributed by atoms with E-state index in [9.17, 15) is 9.59 Å². The van der Waals surface area contributed by atoms with Crippen molar-refractivity contribution in [3.63, 3.8) is 0 Å². The predicted molar refractivity (Wildman–Crippen MR) is 104 cm³/mol. The van der Waals surface area contributed by atoms with Gasteiger partial charge in [-0.2, -0.15) is 0 Å². The molecule has 1 unspecified atom stereocenters. The largest absolute Gasteiger partial charge is 0.496 e. The maximum absolute atomic E-state index is 13.0. The summed E-state index contributed by atoms with van der Waals surface area (Å²) in [5.74, 6) is 0.216. The van der Waals surface area contributed by atoms with E-state index >= 15 is 0 Å². The Morgan fingerprint density at radius 1 is 1.19 bits per heavy atom. The summed E-state index contributed by atoms with van der Waals surface area (Å²) in [6.07, 6.45) is 0. The summed E-state index contributed by atoms with van der Waals surface area (Å²) in [7, 11) is 1.60. The number of carbonyl (C=O) groups is 2. The van der Waals surface area contributed by atoms with Crippen LogP contribution in [0.25, 0.3) is 0 Å². The van der Waals surface area contributed by atoms with E-state index in [1.807, 2.05) is 55.5 Å². The van der Waals surface area contributed by atoms with Gasteiger partial charge >= 0.3 is 0 Å². The molecule has 0 saturated carbocycles. The van der Waals surface area contributed by atoms with Gasteiger partial charge in [0.15, 0.2) is 4.75 Å². The molecule has 0 fully saturated rings. The van der Waals surface area contributed by atoms with Crippen molar-refractivity contribution in [1.29, 1.82) is 0 Å². The van der Waals surface area contributed by atoms with Gasteiger partial charge in [0.25, 0.3) is 5.91 Å². The Morgan fingerprint density at radius 3 is 2.62 bits per heavy atom. The fourth-order valence-corrected chi connectivity index (χ4v) is 4.28. The molecule has 2 amide bonds. The SMILES string of the molecule is CCN1C(=O)C(C)(C(=O)NCc2ccccc2OC)Sc2ccccc21. The fraction of sp³-hybridized carbons (Fsp3) is 0.300. The Kier molecular flexibility index (Phi) is 5.23. The van der Waals surface area contributed by atoms with Crippen LogP contribution in [0, 0.1) is 0 Å². The Bertz CT molecular complexity index is 839. The van der Waals surface area contributed by atoms with Gasteiger partial charge in [-0.3, -0.25) is 9.59 Å². The molecule has 0 bridgehead atoms. The summed E-state index contributed by atoms with van der Waals surface area (Å²) in [4.78, 5) is 28.6. The van der Waals surface area contributed by atoms with E-state index in [1.165, 1.54) is 11.8 Å². The molecule has 136 valence electrons. The molecule has 3 rings (SSSR count). The number of benzene rings is 2. The van der Waals surface area contributed by atoms with Gasteiger partial charge in [-0.15, -0.1) is 0 Å². The monoisotopic (exact) mass is 370 g/mol. The number of carbonyl (C=O) groups excluding carboxylic acids is 2. The second-order valence-electron chi connectivity index (χ2n) is 6.15. The standard InChI is InChI=1S/C20H22N2O3S/c1-4-22-15-10-6-8-12-17(15)26-20(2,19(22)24)18(23)21-13-14-9-5-7-11-16(14)25-3/h5-12H,4,13H2,1-3H3,(H,21,23). The highest BCUT2D eigenvalue weighted by Gasteiger charge is 2.48. The molecule has 2 aromatic rings. The average Bonchev–Trinajstić information content (AvgIpc) is 2.67. The Hall–Kier alpha value is -2.47. The third-order valence-electron chi connectivity index (χ3n) is 4.50. The average molecular weight is 370 g/mol. The normalized spacial score (nSPS) is 19.0. The molecule has 1 aliphatic heterocycles. The van der Waals surface area contributed by atoms with E-state index in [2.05, 4.69) is 5.32 Å². The van der Waals surface area contributed by atoms with Gasteiger partial charge in [0.1, 0.15) is 5.75 Å². The van der Waals surface area contributed by atoms with Gasteiger partial charge < -0.3 is 15.0 Å². The van der Waals surface area contributed by atoms with E-state index in [0.29, 0.717) is 18.8 Å². The Balaban J connectivity index is 1.83. The molecular weight excluding hydrogens is 348 g/mol. The lowest BCUT2D eigenvalue weighted by Gasteiger charge is -2.38. The van der Waals surface area contributed by atoms with Crippen LogP contribution in [0.1, 0.15) is 19.4 Å². The molecule has 1 N–H and O–H groups in total. The maximum atomic E-state index is 13.0. The third-order valence-corrected chi connectivity index (χ3v) is 5.84. The van der Waals surface area contributed by atoms with Gasteiger partial charge in [-0.1, -0.05) is 42.1 Å². The fourth-order valence-electron chi connectivity index (χ4n) is 3.05. The molecule has 0 spiro atoms. The van der Waals surface area contributed by atoms with Crippen molar-refractivity contribution in [3.05, 3.63) is 54.1 Å². The highest BCUT2D eigenvalue weighted by molar-refractivity contribution is 8.02. The lowest BCUT2D eigenvalue weighted by molar-refractivity contribution is -0.131. The number of nitrogens with zero attached hydrogens (tertiary/aromatic N) is 1. The molecule has 1 heterocycles. The summed E-state index contributed by atoms with van der Waals surface area (Å²) in [6.45, 7) is 4.43. The predicted octanol–water partition coefficient (Wildman–Crippen LogP) is 3.23. The number of methoxy groups -OCH3 is 1. The molecule has 1 atom stereocenters. The van der Waals surface area contributed by atoms with Crippen LogP contribution in [0.2, 0.25) is 0 Å². The number of hydrogen-bond acceptors (Lipinski definition) is 4. The number of para-hydroxylation sites is 2. The number of amides is 2. The van der Waals surface area contributed by atoms with E-state index in [4.69, 9.17) is 4.74 Å². The lowest BCUT2D eigenvalue weighted by atomic mass is 10.1. The molecule has 1 aliphatic rings. The third kappa shape index (κ3) is 3.17. The first-order valence-electron chi connectivity index (χ1n) is 8.51. The van der Waals surface area contributed by atoms with Gasteiger partial charge in [-0.05, 0) is 32.0 Å². The molecule has 5 nitrogen and oxygen atoms in total. The van der Waals surface area contributed by atoms with E-state index in [0.717, 1.165) is 16.1 Å². The second kappa shape index (κ2) is 7.41. The van der Waals surface area contributed by atoms with Gasteiger partial charge in [0.05, 0.1) is 12.8 Å². The van der Waals surface area contributed by atoms with Crippen molar-refractivity contribution in [3.8, 4) is 5.75 Å². The number of rotatable bonds is 5. The minimum Gasteiger partial charge on any atom is -0.496 e. The van der Waals surface area contributed by atoms with Crippen molar-refractivity contribution in [2.75, 3.05) is 18.6 Å². The Labute approximate surface area is 157 Å². The van der Waals surface area contributed by atoms with E-state index in [1.54, 1.807) is 18.9 Å². The van der Waals surface area contributed by atoms with Crippen LogP contribution in [0.4, 0.5) is 5.69 Å². The minimum absolute atomic E-state index is 0.193. The number of nitrogens with one attached hydrogen (secondary N) is 1. The molecule has 0 radical (unpaired) electrons. The van der Waals surface area contributed by atoms with Crippen LogP contribution >= 0.6 is 11.8 Å². The van der Waals surface area contributed by atoms with Crippen LogP contribution in [-0.2, 0) is 16.1 Å². The highest BCUT2D eigenvalue weighted by atomic mass is 32.2. The minimum atomic E-state index is -1.20. The first-order chi connectivity index (χ1) is 12.5. The first-order valence-corrected chi connectivity index (χ1v) is 9.33. The number of hydrogen-bond donors (Lipinski definition) is 1. The molecule has 0 saturated heterocycles. The summed E-state index contributed by atoms with van der Waals surface area (Å²) >= 11 is 1.31. The van der Waals surface area contributed by atoms with Crippen molar-refractivity contribution in [1.82, 2.24) is 5.32 Å². The van der Waals surface area contributed by atoms with Gasteiger partial charge in [0, 0.05) is 23.5 Å². The summed E-state index contributed by atoms with van der Waals surface area (Å²) < 4.78 is 4.12. The molecule has 0 aliphatic carbocycles. The van der Waals surface area contributed by atoms with Crippen molar-refractivity contribution in [2.45, 2.75) is 30.0 Å². The zero-order valence-electron chi connectivity index (χ0n) is 15.1.